The van der Waals surface area contributed by atoms with E-state index >= 15 is 0 Å². The first-order valence-electron chi connectivity index (χ1n) is 9.94. The second-order valence-electron chi connectivity index (χ2n) is 7.35. The van der Waals surface area contributed by atoms with E-state index in [1.807, 2.05) is 0 Å². The summed E-state index contributed by atoms with van der Waals surface area (Å²) in [6.07, 6.45) is 2.90. The van der Waals surface area contributed by atoms with E-state index < -0.39 is 6.10 Å². The van der Waals surface area contributed by atoms with Crippen molar-refractivity contribution in [3.05, 3.63) is 54.3 Å². The number of β-lactam (4-membered cyclic amide) rings is 1. The van der Waals surface area contributed by atoms with Crippen LogP contribution in [0.4, 0.5) is 4.39 Å². The van der Waals surface area contributed by atoms with Crippen molar-refractivity contribution >= 4 is 5.91 Å². The third-order valence-corrected chi connectivity index (χ3v) is 5.35. The number of hydrogen-bond donors (Lipinski definition) is 0. The van der Waals surface area contributed by atoms with Crippen molar-refractivity contribution < 1.29 is 23.5 Å². The summed E-state index contributed by atoms with van der Waals surface area (Å²) >= 11 is 0. The van der Waals surface area contributed by atoms with Gasteiger partial charge in [0, 0.05) is 6.54 Å². The molecule has 0 saturated carbocycles. The average molecular weight is 400 g/mol. The number of hydroxylamine groups is 2. The summed E-state index contributed by atoms with van der Waals surface area (Å²) in [5.74, 6) is 1.16. The number of benzene rings is 2. The zero-order valence-corrected chi connectivity index (χ0v) is 16.4. The lowest BCUT2D eigenvalue weighted by molar-refractivity contribution is -0.216. The highest BCUT2D eigenvalue weighted by atomic mass is 19.1. The van der Waals surface area contributed by atoms with Crippen LogP contribution in [0.3, 0.4) is 0 Å². The molecule has 2 saturated heterocycles. The van der Waals surface area contributed by atoms with Crippen molar-refractivity contribution in [3.8, 4) is 17.2 Å². The van der Waals surface area contributed by atoms with E-state index in [9.17, 15) is 9.18 Å². The molecule has 0 bridgehead atoms. The van der Waals surface area contributed by atoms with E-state index in [0.29, 0.717) is 18.0 Å². The minimum absolute atomic E-state index is 0.243. The van der Waals surface area contributed by atoms with Gasteiger partial charge >= 0.3 is 0 Å². The lowest BCUT2D eigenvalue weighted by Crippen LogP contribution is -2.71. The summed E-state index contributed by atoms with van der Waals surface area (Å²) < 4.78 is 24.2. The smallest absolute Gasteiger partial charge is 0.299 e. The standard InChI is InChI=1S/C22H25FN2O4/c1-27-17-9-11-19(12-10-17)29-25-20(15-24-13-3-2-4-14-24)21(22(25)26)28-18-7-5-16(23)6-8-18/h5-12,20-21H,2-4,13-15H2,1H3/t20-,21+/m1/s1. The molecule has 0 radical (unpaired) electrons. The van der Waals surface area contributed by atoms with Crippen molar-refractivity contribution in [3.63, 3.8) is 0 Å². The Labute approximate surface area is 169 Å². The number of ether oxygens (including phenoxy) is 2. The molecule has 2 aliphatic rings. The Morgan fingerprint density at radius 2 is 1.55 bits per heavy atom. The van der Waals surface area contributed by atoms with Crippen LogP contribution in [0.15, 0.2) is 48.5 Å². The minimum Gasteiger partial charge on any atom is -0.497 e. The van der Waals surface area contributed by atoms with Crippen molar-refractivity contribution in [2.75, 3.05) is 26.7 Å². The predicted molar refractivity (Wildman–Crippen MR) is 105 cm³/mol. The Balaban J connectivity index is 1.47. The van der Waals surface area contributed by atoms with Gasteiger partial charge in [-0.25, -0.2) is 4.39 Å². The Morgan fingerprint density at radius 3 is 2.21 bits per heavy atom. The van der Waals surface area contributed by atoms with Gasteiger partial charge in [-0.05, 0) is 74.5 Å². The van der Waals surface area contributed by atoms with Crippen molar-refractivity contribution in [2.24, 2.45) is 0 Å². The van der Waals surface area contributed by atoms with E-state index in [-0.39, 0.29) is 17.8 Å². The van der Waals surface area contributed by atoms with Gasteiger partial charge in [-0.1, -0.05) is 6.42 Å². The van der Waals surface area contributed by atoms with Crippen LogP contribution in [-0.4, -0.2) is 54.8 Å². The SMILES string of the molecule is COc1ccc(ON2C(=O)[C@@H](Oc3ccc(F)cc3)[C@H]2CN2CCCCC2)cc1. The van der Waals surface area contributed by atoms with Gasteiger partial charge in [0.05, 0.1) is 7.11 Å². The number of hydrogen-bond acceptors (Lipinski definition) is 5. The summed E-state index contributed by atoms with van der Waals surface area (Å²) in [5, 5.41) is 1.39. The Bertz CT molecular complexity index is 822. The van der Waals surface area contributed by atoms with E-state index in [0.717, 1.165) is 31.7 Å². The van der Waals surface area contributed by atoms with Crippen LogP contribution < -0.4 is 14.3 Å². The number of piperidine rings is 1. The van der Waals surface area contributed by atoms with Crippen LogP contribution in [0.1, 0.15) is 19.3 Å². The maximum absolute atomic E-state index is 13.2. The predicted octanol–water partition coefficient (Wildman–Crippen LogP) is 3.27. The van der Waals surface area contributed by atoms with Gasteiger partial charge in [0.15, 0.2) is 5.75 Å². The maximum Gasteiger partial charge on any atom is 0.299 e. The molecule has 0 aliphatic carbocycles. The molecular weight excluding hydrogens is 375 g/mol. The number of halogens is 1. The first-order valence-corrected chi connectivity index (χ1v) is 9.94. The molecule has 2 fully saturated rings. The Hall–Kier alpha value is -2.80. The number of amides is 1. The highest BCUT2D eigenvalue weighted by Crippen LogP contribution is 2.29. The molecule has 2 aromatic carbocycles. The first kappa shape index (κ1) is 19.5. The molecule has 2 heterocycles. The van der Waals surface area contributed by atoms with Crippen molar-refractivity contribution in [1.29, 1.82) is 0 Å². The number of carbonyl (C=O) groups is 1. The molecule has 6 nitrogen and oxygen atoms in total. The van der Waals surface area contributed by atoms with Crippen LogP contribution >= 0.6 is 0 Å². The maximum atomic E-state index is 13.2. The fourth-order valence-electron chi connectivity index (χ4n) is 3.72. The molecule has 2 aromatic rings. The average Bonchev–Trinajstić information content (AvgIpc) is 2.77. The molecule has 0 aromatic heterocycles. The van der Waals surface area contributed by atoms with Crippen molar-refractivity contribution in [2.45, 2.75) is 31.4 Å². The summed E-state index contributed by atoms with van der Waals surface area (Å²) in [5.41, 5.74) is 0. The monoisotopic (exact) mass is 400 g/mol. The van der Waals surface area contributed by atoms with E-state index in [2.05, 4.69) is 4.90 Å². The molecule has 7 heteroatoms. The molecule has 0 spiro atoms. The van der Waals surface area contributed by atoms with Gasteiger partial charge in [-0.15, -0.1) is 0 Å². The highest BCUT2D eigenvalue weighted by Gasteiger charge is 2.52. The van der Waals surface area contributed by atoms with Crippen molar-refractivity contribution in [1.82, 2.24) is 9.96 Å². The lowest BCUT2D eigenvalue weighted by atomic mass is 9.99. The van der Waals surface area contributed by atoms with Crippen LogP contribution in [-0.2, 0) is 4.79 Å². The molecular formula is C22H25FN2O4. The largest absolute Gasteiger partial charge is 0.497 e. The van der Waals surface area contributed by atoms with E-state index in [1.165, 1.54) is 35.7 Å². The lowest BCUT2D eigenvalue weighted by Gasteiger charge is -2.46. The zero-order chi connectivity index (χ0) is 20.2. The summed E-state index contributed by atoms with van der Waals surface area (Å²) in [6.45, 7) is 2.68. The second kappa shape index (κ2) is 8.69. The molecule has 0 N–H and O–H groups in total. The quantitative estimate of drug-likeness (QED) is 0.668. The molecule has 29 heavy (non-hydrogen) atoms. The van der Waals surface area contributed by atoms with Gasteiger partial charge in [-0.3, -0.25) is 4.79 Å². The third kappa shape index (κ3) is 4.45. The van der Waals surface area contributed by atoms with Crippen LogP contribution in [0.25, 0.3) is 0 Å². The van der Waals surface area contributed by atoms with Gasteiger partial charge < -0.3 is 19.2 Å². The molecule has 2 aliphatic heterocycles. The second-order valence-corrected chi connectivity index (χ2v) is 7.35. The fourth-order valence-corrected chi connectivity index (χ4v) is 3.72. The Kier molecular flexibility index (Phi) is 5.85. The normalized spacial score (nSPS) is 22.1. The summed E-state index contributed by atoms with van der Waals surface area (Å²) in [7, 11) is 1.60. The number of rotatable bonds is 7. The first-order chi connectivity index (χ1) is 14.1. The summed E-state index contributed by atoms with van der Waals surface area (Å²) in [4.78, 5) is 21.0. The van der Waals surface area contributed by atoms with Gasteiger partial charge in [0.1, 0.15) is 23.4 Å². The highest BCUT2D eigenvalue weighted by molar-refractivity contribution is 5.88. The number of likely N-dealkylation sites (tertiary alicyclic amines) is 1. The third-order valence-electron chi connectivity index (χ3n) is 5.35. The fraction of sp³-hybridized carbons (Fsp3) is 0.409. The molecule has 154 valence electrons. The van der Waals surface area contributed by atoms with E-state index in [4.69, 9.17) is 14.3 Å². The van der Waals surface area contributed by atoms with Crippen LogP contribution in [0.2, 0.25) is 0 Å². The number of nitrogens with zero attached hydrogens (tertiary/aromatic N) is 2. The molecule has 4 rings (SSSR count). The van der Waals surface area contributed by atoms with Gasteiger partial charge in [0.25, 0.3) is 5.91 Å². The summed E-state index contributed by atoms with van der Waals surface area (Å²) in [6, 6.07) is 12.6. The van der Waals surface area contributed by atoms with Gasteiger partial charge in [0.2, 0.25) is 6.10 Å². The van der Waals surface area contributed by atoms with Crippen LogP contribution in [0, 0.1) is 5.82 Å². The molecule has 1 amide bonds. The van der Waals surface area contributed by atoms with Crippen LogP contribution in [0.5, 0.6) is 17.2 Å². The van der Waals surface area contributed by atoms with Gasteiger partial charge in [-0.2, -0.15) is 5.06 Å². The zero-order valence-electron chi connectivity index (χ0n) is 16.4. The Morgan fingerprint density at radius 1 is 0.931 bits per heavy atom. The minimum atomic E-state index is -0.652. The topological polar surface area (TPSA) is 51.2 Å². The van der Waals surface area contributed by atoms with E-state index in [1.54, 1.807) is 31.4 Å². The molecule has 0 unspecified atom stereocenters. The molecule has 2 atom stereocenters. The number of carbonyl (C=O) groups excluding carboxylic acids is 1. The number of methoxy groups -OCH3 is 1.